The average Bonchev–Trinajstić information content (AvgIpc) is 2.96. The number of hydrogen-bond acceptors (Lipinski definition) is 6. The quantitative estimate of drug-likeness (QED) is 0.579. The fourth-order valence-corrected chi connectivity index (χ4v) is 2.10. The molecule has 0 saturated heterocycles. The SMILES string of the molecule is COC(=O)Nc1nc2cc(Nc3ccccc3C(=O)O)cnc2[nH]1. The molecule has 1 amide bonds. The first-order chi connectivity index (χ1) is 11.6. The molecule has 122 valence electrons. The van der Waals surface area contributed by atoms with Gasteiger partial charge in [0, 0.05) is 0 Å². The van der Waals surface area contributed by atoms with E-state index in [-0.39, 0.29) is 11.5 Å². The number of carbonyl (C=O) groups excluding carboxylic acids is 1. The van der Waals surface area contributed by atoms with Gasteiger partial charge in [-0.25, -0.2) is 19.6 Å². The average molecular weight is 327 g/mol. The fourth-order valence-electron chi connectivity index (χ4n) is 2.10. The summed E-state index contributed by atoms with van der Waals surface area (Å²) in [4.78, 5) is 33.6. The zero-order valence-electron chi connectivity index (χ0n) is 12.5. The highest BCUT2D eigenvalue weighted by molar-refractivity contribution is 5.95. The summed E-state index contributed by atoms with van der Waals surface area (Å²) in [5.74, 6) is -0.830. The summed E-state index contributed by atoms with van der Waals surface area (Å²) in [5, 5.41) is 14.6. The summed E-state index contributed by atoms with van der Waals surface area (Å²) in [6.45, 7) is 0. The summed E-state index contributed by atoms with van der Waals surface area (Å²) in [6.07, 6.45) is 0.879. The molecule has 9 heteroatoms. The molecule has 0 saturated carbocycles. The minimum absolute atomic E-state index is 0.146. The van der Waals surface area contributed by atoms with Gasteiger partial charge in [0.25, 0.3) is 0 Å². The number of pyridine rings is 1. The number of aromatic amines is 1. The van der Waals surface area contributed by atoms with E-state index in [1.165, 1.54) is 19.4 Å². The number of carbonyl (C=O) groups is 2. The lowest BCUT2D eigenvalue weighted by atomic mass is 10.2. The van der Waals surface area contributed by atoms with Gasteiger partial charge in [0.05, 0.1) is 30.2 Å². The number of methoxy groups -OCH3 is 1. The summed E-state index contributed by atoms with van der Waals surface area (Å²) < 4.78 is 4.49. The smallest absolute Gasteiger partial charge is 0.413 e. The molecule has 0 bridgehead atoms. The molecular weight excluding hydrogens is 314 g/mol. The third kappa shape index (κ3) is 3.09. The number of carboxylic acids is 1. The van der Waals surface area contributed by atoms with E-state index < -0.39 is 12.1 Å². The normalized spacial score (nSPS) is 10.4. The number of aromatic nitrogens is 3. The molecule has 4 N–H and O–H groups in total. The molecule has 3 rings (SSSR count). The van der Waals surface area contributed by atoms with E-state index in [9.17, 15) is 14.7 Å². The van der Waals surface area contributed by atoms with Crippen LogP contribution in [0.25, 0.3) is 11.2 Å². The predicted molar refractivity (Wildman–Crippen MR) is 86.6 cm³/mol. The minimum atomic E-state index is -1.03. The third-order valence-electron chi connectivity index (χ3n) is 3.18. The van der Waals surface area contributed by atoms with Crippen LogP contribution in [0.3, 0.4) is 0 Å². The Morgan fingerprint density at radius 1 is 1.29 bits per heavy atom. The molecule has 0 aliphatic heterocycles. The van der Waals surface area contributed by atoms with Crippen molar-refractivity contribution in [3.8, 4) is 0 Å². The molecule has 0 aliphatic carbocycles. The van der Waals surface area contributed by atoms with E-state index in [1.807, 2.05) is 0 Å². The van der Waals surface area contributed by atoms with Gasteiger partial charge in [-0.1, -0.05) is 12.1 Å². The van der Waals surface area contributed by atoms with Crippen molar-refractivity contribution in [1.29, 1.82) is 0 Å². The van der Waals surface area contributed by atoms with Crippen LogP contribution < -0.4 is 10.6 Å². The summed E-state index contributed by atoms with van der Waals surface area (Å²) >= 11 is 0. The number of nitrogens with one attached hydrogen (secondary N) is 3. The number of anilines is 3. The molecule has 1 aromatic carbocycles. The van der Waals surface area contributed by atoms with Crippen LogP contribution in [0.1, 0.15) is 10.4 Å². The van der Waals surface area contributed by atoms with E-state index in [1.54, 1.807) is 24.3 Å². The van der Waals surface area contributed by atoms with Crippen molar-refractivity contribution < 1.29 is 19.4 Å². The molecule has 0 radical (unpaired) electrons. The number of imidazole rings is 1. The summed E-state index contributed by atoms with van der Waals surface area (Å²) in [6, 6.07) is 8.22. The maximum atomic E-state index is 11.2. The molecule has 24 heavy (non-hydrogen) atoms. The van der Waals surface area contributed by atoms with Gasteiger partial charge in [0.1, 0.15) is 5.52 Å². The number of benzene rings is 1. The van der Waals surface area contributed by atoms with Crippen LogP contribution in [0.4, 0.5) is 22.1 Å². The number of aromatic carboxylic acids is 1. The summed E-state index contributed by atoms with van der Waals surface area (Å²) in [7, 11) is 1.25. The van der Waals surface area contributed by atoms with Gasteiger partial charge in [-0.15, -0.1) is 0 Å². The zero-order valence-corrected chi connectivity index (χ0v) is 12.5. The third-order valence-corrected chi connectivity index (χ3v) is 3.18. The lowest BCUT2D eigenvalue weighted by Crippen LogP contribution is -2.11. The minimum Gasteiger partial charge on any atom is -0.478 e. The Morgan fingerprint density at radius 3 is 2.83 bits per heavy atom. The van der Waals surface area contributed by atoms with Crippen molar-refractivity contribution in [2.24, 2.45) is 0 Å². The Balaban J connectivity index is 1.88. The Kier molecular flexibility index (Phi) is 3.98. The Hall–Kier alpha value is -3.62. The number of ether oxygens (including phenoxy) is 1. The number of nitrogens with zero attached hydrogens (tertiary/aromatic N) is 2. The van der Waals surface area contributed by atoms with Crippen molar-refractivity contribution in [3.63, 3.8) is 0 Å². The fraction of sp³-hybridized carbons (Fsp3) is 0.0667. The highest BCUT2D eigenvalue weighted by Crippen LogP contribution is 2.23. The second-order valence-corrected chi connectivity index (χ2v) is 4.77. The van der Waals surface area contributed by atoms with Crippen molar-refractivity contribution in [3.05, 3.63) is 42.1 Å². The van der Waals surface area contributed by atoms with Gasteiger partial charge in [-0.05, 0) is 18.2 Å². The van der Waals surface area contributed by atoms with Crippen LogP contribution in [0.15, 0.2) is 36.5 Å². The van der Waals surface area contributed by atoms with Gasteiger partial charge in [-0.2, -0.15) is 0 Å². The highest BCUT2D eigenvalue weighted by Gasteiger charge is 2.11. The number of fused-ring (bicyclic) bond motifs is 1. The van der Waals surface area contributed by atoms with Gasteiger partial charge in [0.2, 0.25) is 5.95 Å². The number of amides is 1. The van der Waals surface area contributed by atoms with Crippen molar-refractivity contribution in [2.45, 2.75) is 0 Å². The van der Waals surface area contributed by atoms with Crippen molar-refractivity contribution in [2.75, 3.05) is 17.7 Å². The standard InChI is InChI=1S/C15H13N5O4/c1-24-15(23)20-14-18-11-6-8(7-16-12(11)19-14)17-10-5-3-2-4-9(10)13(21)22/h2-7,17H,1H3,(H,21,22)(H2,16,18,19,20,23). The van der Waals surface area contributed by atoms with Crippen LogP contribution in [0.5, 0.6) is 0 Å². The topological polar surface area (TPSA) is 129 Å². The molecular formula is C15H13N5O4. The molecule has 0 spiro atoms. The second-order valence-electron chi connectivity index (χ2n) is 4.77. The summed E-state index contributed by atoms with van der Waals surface area (Å²) in [5.41, 5.74) is 2.12. The lowest BCUT2D eigenvalue weighted by Gasteiger charge is -2.08. The lowest BCUT2D eigenvalue weighted by molar-refractivity contribution is 0.0698. The maximum absolute atomic E-state index is 11.2. The molecule has 2 heterocycles. The first-order valence-electron chi connectivity index (χ1n) is 6.87. The highest BCUT2D eigenvalue weighted by atomic mass is 16.5. The zero-order chi connectivity index (χ0) is 17.1. The van der Waals surface area contributed by atoms with E-state index >= 15 is 0 Å². The molecule has 3 aromatic rings. The van der Waals surface area contributed by atoms with Crippen molar-refractivity contribution in [1.82, 2.24) is 15.0 Å². The molecule has 0 unspecified atom stereocenters. The van der Waals surface area contributed by atoms with E-state index in [0.717, 1.165) is 0 Å². The van der Waals surface area contributed by atoms with Gasteiger partial charge in [-0.3, -0.25) is 5.32 Å². The molecule has 2 aromatic heterocycles. The predicted octanol–water partition coefficient (Wildman–Crippen LogP) is 2.58. The van der Waals surface area contributed by atoms with Crippen molar-refractivity contribution >= 4 is 40.5 Å². The van der Waals surface area contributed by atoms with Gasteiger partial charge in [0.15, 0.2) is 5.65 Å². The number of hydrogen-bond donors (Lipinski definition) is 4. The number of rotatable bonds is 4. The maximum Gasteiger partial charge on any atom is 0.413 e. The monoisotopic (exact) mass is 327 g/mol. The van der Waals surface area contributed by atoms with E-state index in [4.69, 9.17) is 0 Å². The van der Waals surface area contributed by atoms with Crippen LogP contribution in [-0.4, -0.2) is 39.2 Å². The number of para-hydroxylation sites is 1. The first kappa shape index (κ1) is 15.3. The van der Waals surface area contributed by atoms with Gasteiger partial charge < -0.3 is 20.1 Å². The Morgan fingerprint density at radius 2 is 2.08 bits per heavy atom. The largest absolute Gasteiger partial charge is 0.478 e. The van der Waals surface area contributed by atoms with Gasteiger partial charge >= 0.3 is 12.1 Å². The number of H-pyrrole nitrogens is 1. The van der Waals surface area contributed by atoms with Crippen LogP contribution >= 0.6 is 0 Å². The molecule has 0 fully saturated rings. The Labute approximate surface area is 135 Å². The second kappa shape index (κ2) is 6.24. The Bertz CT molecular complexity index is 921. The molecule has 9 nitrogen and oxygen atoms in total. The van der Waals surface area contributed by atoms with Crippen LogP contribution in [0.2, 0.25) is 0 Å². The van der Waals surface area contributed by atoms with Crippen LogP contribution in [0, 0.1) is 0 Å². The molecule has 0 aliphatic rings. The first-order valence-corrected chi connectivity index (χ1v) is 6.87. The van der Waals surface area contributed by atoms with E-state index in [0.29, 0.717) is 22.5 Å². The molecule has 0 atom stereocenters. The van der Waals surface area contributed by atoms with Crippen LogP contribution in [-0.2, 0) is 4.74 Å². The van der Waals surface area contributed by atoms with E-state index in [2.05, 4.69) is 30.3 Å². The number of carboxylic acid groups (broad SMARTS) is 1.